The van der Waals surface area contributed by atoms with Gasteiger partial charge in [0.2, 0.25) is 0 Å². The third-order valence-electron chi connectivity index (χ3n) is 6.59. The summed E-state index contributed by atoms with van der Waals surface area (Å²) in [4.78, 5) is 24.7. The zero-order valence-electron chi connectivity index (χ0n) is 12.5. The van der Waals surface area contributed by atoms with E-state index in [2.05, 4.69) is 6.92 Å². The van der Waals surface area contributed by atoms with E-state index < -0.39 is 0 Å². The molecule has 3 heteroatoms. The minimum Gasteiger partial charge on any atom is -0.512 e. The first-order valence-corrected chi connectivity index (χ1v) is 8.20. The molecule has 0 spiro atoms. The van der Waals surface area contributed by atoms with Gasteiger partial charge >= 0.3 is 0 Å². The van der Waals surface area contributed by atoms with Crippen LogP contribution in [0.25, 0.3) is 0 Å². The molecule has 0 bridgehead atoms. The number of hydrogen-bond donors (Lipinski definition) is 1. The van der Waals surface area contributed by atoms with Crippen molar-refractivity contribution in [2.24, 2.45) is 23.2 Å². The van der Waals surface area contributed by atoms with Crippen LogP contribution in [-0.2, 0) is 9.59 Å². The van der Waals surface area contributed by atoms with Gasteiger partial charge in [-0.05, 0) is 61.5 Å². The highest BCUT2D eigenvalue weighted by Gasteiger charge is 2.55. The van der Waals surface area contributed by atoms with Crippen molar-refractivity contribution >= 4 is 11.6 Å². The van der Waals surface area contributed by atoms with Gasteiger partial charge in [-0.15, -0.1) is 0 Å². The Balaban J connectivity index is 1.73. The van der Waals surface area contributed by atoms with Crippen LogP contribution in [0.3, 0.4) is 0 Å². The molecule has 4 atom stereocenters. The van der Waals surface area contributed by atoms with Crippen LogP contribution < -0.4 is 0 Å². The molecule has 1 N–H and O–H groups in total. The van der Waals surface area contributed by atoms with Crippen molar-refractivity contribution in [2.45, 2.75) is 51.9 Å². The number of Topliss-reactive ketones (excluding diaryl/α,β-unsaturated/α-hetero) is 2. The summed E-state index contributed by atoms with van der Waals surface area (Å²) in [5.74, 6) is 2.06. The van der Waals surface area contributed by atoms with E-state index >= 15 is 0 Å². The minimum atomic E-state index is -0.130. The Bertz CT molecular complexity index is 598. The van der Waals surface area contributed by atoms with Crippen molar-refractivity contribution in [3.63, 3.8) is 0 Å². The first-order valence-electron chi connectivity index (χ1n) is 8.20. The SMILES string of the molecule is C[C@]12CC[C@@H]3C4=C(C=C(O)CC4=O)CC[C@H]3[C@@H]1CCC2=O. The molecule has 0 aromatic rings. The predicted molar refractivity (Wildman–Crippen MR) is 78.6 cm³/mol. The number of carbonyl (C=O) groups is 2. The van der Waals surface area contributed by atoms with Crippen LogP contribution >= 0.6 is 0 Å². The van der Waals surface area contributed by atoms with E-state index in [1.54, 1.807) is 0 Å². The van der Waals surface area contributed by atoms with Crippen LogP contribution in [-0.4, -0.2) is 16.7 Å². The van der Waals surface area contributed by atoms with E-state index in [9.17, 15) is 14.7 Å². The van der Waals surface area contributed by atoms with Gasteiger partial charge in [0, 0.05) is 17.4 Å². The third-order valence-corrected chi connectivity index (χ3v) is 6.59. The lowest BCUT2D eigenvalue weighted by atomic mass is 9.54. The van der Waals surface area contributed by atoms with Crippen molar-refractivity contribution < 1.29 is 14.7 Å². The van der Waals surface area contributed by atoms with E-state index in [0.29, 0.717) is 23.5 Å². The van der Waals surface area contributed by atoms with Crippen LogP contribution in [0.1, 0.15) is 51.9 Å². The molecule has 112 valence electrons. The summed E-state index contributed by atoms with van der Waals surface area (Å²) in [6, 6.07) is 0. The molecule has 2 saturated carbocycles. The van der Waals surface area contributed by atoms with Gasteiger partial charge in [-0.3, -0.25) is 9.59 Å². The fraction of sp³-hybridized carbons (Fsp3) is 0.667. The maximum atomic E-state index is 12.4. The average molecular weight is 286 g/mol. The zero-order valence-corrected chi connectivity index (χ0v) is 12.5. The molecule has 0 heterocycles. The van der Waals surface area contributed by atoms with Crippen LogP contribution in [0.5, 0.6) is 0 Å². The maximum absolute atomic E-state index is 12.4. The first kappa shape index (κ1) is 13.3. The highest BCUT2D eigenvalue weighted by molar-refractivity contribution is 6.00. The Morgan fingerprint density at radius 3 is 2.81 bits per heavy atom. The monoisotopic (exact) mass is 286 g/mol. The summed E-state index contributed by atoms with van der Waals surface area (Å²) in [6.07, 6.45) is 7.56. The van der Waals surface area contributed by atoms with E-state index in [-0.39, 0.29) is 23.4 Å². The van der Waals surface area contributed by atoms with E-state index in [0.717, 1.165) is 49.7 Å². The lowest BCUT2D eigenvalue weighted by Gasteiger charge is -2.48. The number of carbonyl (C=O) groups excluding carboxylic acids is 2. The topological polar surface area (TPSA) is 54.4 Å². The molecule has 4 rings (SSSR count). The molecule has 21 heavy (non-hydrogen) atoms. The molecule has 0 aliphatic heterocycles. The van der Waals surface area contributed by atoms with E-state index in [4.69, 9.17) is 0 Å². The number of allylic oxidation sites excluding steroid dienone is 4. The van der Waals surface area contributed by atoms with Crippen molar-refractivity contribution in [3.05, 3.63) is 23.0 Å². The van der Waals surface area contributed by atoms with Crippen molar-refractivity contribution in [1.82, 2.24) is 0 Å². The van der Waals surface area contributed by atoms with Gasteiger partial charge in [0.05, 0.1) is 6.42 Å². The Kier molecular flexibility index (Phi) is 2.73. The molecule has 0 saturated heterocycles. The first-order chi connectivity index (χ1) is 10.0. The van der Waals surface area contributed by atoms with E-state index in [1.807, 2.05) is 6.08 Å². The normalized spacial score (nSPS) is 42.3. The summed E-state index contributed by atoms with van der Waals surface area (Å²) in [5, 5.41) is 9.70. The molecule has 0 aromatic carbocycles. The van der Waals surface area contributed by atoms with Gasteiger partial charge in [0.25, 0.3) is 0 Å². The van der Waals surface area contributed by atoms with Gasteiger partial charge in [0.1, 0.15) is 11.5 Å². The van der Waals surface area contributed by atoms with Gasteiger partial charge < -0.3 is 5.11 Å². The molecule has 3 nitrogen and oxygen atoms in total. The van der Waals surface area contributed by atoms with Gasteiger partial charge in [-0.1, -0.05) is 6.92 Å². The second-order valence-corrected chi connectivity index (χ2v) is 7.51. The Morgan fingerprint density at radius 2 is 2.00 bits per heavy atom. The lowest BCUT2D eigenvalue weighted by Crippen LogP contribution is -2.44. The van der Waals surface area contributed by atoms with Crippen LogP contribution in [0.15, 0.2) is 23.0 Å². The molecule has 0 radical (unpaired) electrons. The Morgan fingerprint density at radius 1 is 1.19 bits per heavy atom. The number of fused-ring (bicyclic) bond motifs is 4. The molecule has 0 aromatic heterocycles. The Labute approximate surface area is 125 Å². The molecular weight excluding hydrogens is 264 g/mol. The minimum absolute atomic E-state index is 0.118. The summed E-state index contributed by atoms with van der Waals surface area (Å²) >= 11 is 0. The average Bonchev–Trinajstić information content (AvgIpc) is 2.74. The predicted octanol–water partition coefficient (Wildman–Crippen LogP) is 3.50. The summed E-state index contributed by atoms with van der Waals surface area (Å²) < 4.78 is 0. The van der Waals surface area contributed by atoms with Gasteiger partial charge in [-0.2, -0.15) is 0 Å². The largest absolute Gasteiger partial charge is 0.512 e. The molecule has 0 amide bonds. The number of hydrogen-bond acceptors (Lipinski definition) is 3. The van der Waals surface area contributed by atoms with Crippen molar-refractivity contribution in [3.8, 4) is 0 Å². The van der Waals surface area contributed by atoms with Crippen LogP contribution in [0, 0.1) is 23.2 Å². The number of rotatable bonds is 0. The highest BCUT2D eigenvalue weighted by atomic mass is 16.3. The summed E-state index contributed by atoms with van der Waals surface area (Å²) in [6.45, 7) is 2.15. The summed E-state index contributed by atoms with van der Waals surface area (Å²) in [7, 11) is 0. The van der Waals surface area contributed by atoms with Gasteiger partial charge in [-0.25, -0.2) is 0 Å². The second kappa shape index (κ2) is 4.31. The molecule has 4 aliphatic rings. The highest BCUT2D eigenvalue weighted by Crippen LogP contribution is 2.59. The molecule has 0 unspecified atom stereocenters. The van der Waals surface area contributed by atoms with Crippen LogP contribution in [0.2, 0.25) is 0 Å². The fourth-order valence-corrected chi connectivity index (χ4v) is 5.56. The second-order valence-electron chi connectivity index (χ2n) is 7.51. The zero-order chi connectivity index (χ0) is 14.8. The summed E-state index contributed by atoms with van der Waals surface area (Å²) in [5.41, 5.74) is 1.93. The van der Waals surface area contributed by atoms with E-state index in [1.165, 1.54) is 0 Å². The molecule has 4 aliphatic carbocycles. The Hall–Kier alpha value is -1.38. The molecule has 2 fully saturated rings. The number of aliphatic hydroxyl groups is 1. The molecular formula is C18H22O3. The fourth-order valence-electron chi connectivity index (χ4n) is 5.56. The van der Waals surface area contributed by atoms with Crippen LogP contribution in [0.4, 0.5) is 0 Å². The standard InChI is InChI=1S/C18H22O3/c1-18-7-6-13-12(14(18)4-5-16(18)21)3-2-10-8-11(19)9-15(20)17(10)13/h8,12-14,19H,2-7,9H2,1H3/t12-,13+,14+,18+/m1/s1. The quantitative estimate of drug-likeness (QED) is 0.741. The smallest absolute Gasteiger partial charge is 0.166 e. The maximum Gasteiger partial charge on any atom is 0.166 e. The lowest BCUT2D eigenvalue weighted by molar-refractivity contribution is -0.130. The van der Waals surface area contributed by atoms with Gasteiger partial charge in [0.15, 0.2) is 5.78 Å². The van der Waals surface area contributed by atoms with Crippen molar-refractivity contribution in [1.29, 1.82) is 0 Å². The number of ketones is 2. The van der Waals surface area contributed by atoms with Crippen molar-refractivity contribution in [2.75, 3.05) is 0 Å². The third kappa shape index (κ3) is 1.72. The number of aliphatic hydroxyl groups excluding tert-OH is 1.